The van der Waals surface area contributed by atoms with Crippen LogP contribution in [0.4, 0.5) is 0 Å². The molecular formula is C8H9NOS. The van der Waals surface area contributed by atoms with Crippen LogP contribution in [0.2, 0.25) is 0 Å². The van der Waals surface area contributed by atoms with Crippen molar-refractivity contribution in [2.45, 2.75) is 20.0 Å². The molecule has 0 spiro atoms. The Kier molecular flexibility index (Phi) is 2.64. The van der Waals surface area contributed by atoms with Gasteiger partial charge in [-0.25, -0.2) is 0 Å². The van der Waals surface area contributed by atoms with E-state index in [2.05, 4.69) is 6.07 Å². The van der Waals surface area contributed by atoms with E-state index in [1.54, 1.807) is 6.07 Å². The van der Waals surface area contributed by atoms with Gasteiger partial charge in [0.05, 0.1) is 6.61 Å². The molecule has 1 aromatic rings. The molecule has 1 rings (SSSR count). The summed E-state index contributed by atoms with van der Waals surface area (Å²) in [5.74, 6) is 0. The monoisotopic (exact) mass is 167 g/mol. The van der Waals surface area contributed by atoms with Crippen LogP contribution < -0.4 is 0 Å². The number of hydrogen-bond acceptors (Lipinski definition) is 3. The lowest BCUT2D eigenvalue weighted by atomic mass is 10.2. The van der Waals surface area contributed by atoms with Crippen LogP contribution in [0.25, 0.3) is 0 Å². The summed E-state index contributed by atoms with van der Waals surface area (Å²) >= 11 is 1.46. The average Bonchev–Trinajstić information content (AvgIpc) is 2.46. The third-order valence-electron chi connectivity index (χ3n) is 1.50. The molecule has 0 aliphatic carbocycles. The summed E-state index contributed by atoms with van der Waals surface area (Å²) in [4.78, 5) is 1.80. The molecular weight excluding hydrogens is 158 g/mol. The highest BCUT2D eigenvalue weighted by atomic mass is 32.1. The molecule has 0 unspecified atom stereocenters. The zero-order chi connectivity index (χ0) is 8.27. The highest BCUT2D eigenvalue weighted by Crippen LogP contribution is 2.22. The van der Waals surface area contributed by atoms with Crippen molar-refractivity contribution in [2.75, 3.05) is 0 Å². The molecule has 0 aliphatic rings. The lowest BCUT2D eigenvalue weighted by Gasteiger charge is -1.92. The summed E-state index contributed by atoms with van der Waals surface area (Å²) < 4.78 is 0. The molecule has 58 valence electrons. The van der Waals surface area contributed by atoms with Crippen molar-refractivity contribution in [1.29, 1.82) is 5.26 Å². The first-order chi connectivity index (χ1) is 5.31. The summed E-state index contributed by atoms with van der Waals surface area (Å²) in [7, 11) is 0. The number of aliphatic hydroxyl groups excluding tert-OH is 1. The van der Waals surface area contributed by atoms with Crippen LogP contribution >= 0.6 is 11.3 Å². The molecule has 1 heterocycles. The second-order valence-corrected chi connectivity index (χ2v) is 3.32. The van der Waals surface area contributed by atoms with Gasteiger partial charge in [-0.1, -0.05) is 6.92 Å². The fourth-order valence-corrected chi connectivity index (χ4v) is 1.87. The Bertz CT molecular complexity index is 263. The van der Waals surface area contributed by atoms with E-state index in [-0.39, 0.29) is 6.61 Å². The van der Waals surface area contributed by atoms with Gasteiger partial charge in [-0.15, -0.1) is 11.3 Å². The van der Waals surface area contributed by atoms with Crippen LogP contribution in [0.15, 0.2) is 6.07 Å². The Labute approximate surface area is 69.7 Å². The Morgan fingerprint density at radius 1 is 1.73 bits per heavy atom. The van der Waals surface area contributed by atoms with Gasteiger partial charge >= 0.3 is 0 Å². The topological polar surface area (TPSA) is 44.0 Å². The van der Waals surface area contributed by atoms with Gasteiger partial charge in [0.25, 0.3) is 0 Å². The largest absolute Gasteiger partial charge is 0.392 e. The minimum absolute atomic E-state index is 0.0430. The van der Waals surface area contributed by atoms with E-state index in [0.29, 0.717) is 4.88 Å². The van der Waals surface area contributed by atoms with Crippen LogP contribution in [0, 0.1) is 11.3 Å². The summed E-state index contributed by atoms with van der Waals surface area (Å²) in [5.41, 5.74) is 0.897. The number of hydrogen-bond donors (Lipinski definition) is 1. The van der Waals surface area contributed by atoms with Crippen LogP contribution in [0.1, 0.15) is 22.2 Å². The molecule has 2 nitrogen and oxygen atoms in total. The SMILES string of the molecule is CCc1sc(C#N)cc1CO. The molecule has 0 aliphatic heterocycles. The Hall–Kier alpha value is -0.850. The van der Waals surface area contributed by atoms with Crippen LogP contribution in [-0.2, 0) is 13.0 Å². The predicted molar refractivity (Wildman–Crippen MR) is 44.3 cm³/mol. The van der Waals surface area contributed by atoms with Crippen molar-refractivity contribution in [3.05, 3.63) is 21.4 Å². The van der Waals surface area contributed by atoms with Crippen molar-refractivity contribution < 1.29 is 5.11 Å². The lowest BCUT2D eigenvalue weighted by molar-refractivity contribution is 0.281. The normalized spacial score (nSPS) is 9.55. The zero-order valence-corrected chi connectivity index (χ0v) is 7.11. The maximum Gasteiger partial charge on any atom is 0.110 e. The van der Waals surface area contributed by atoms with E-state index in [0.717, 1.165) is 16.9 Å². The number of nitriles is 1. The number of nitrogens with zero attached hydrogens (tertiary/aromatic N) is 1. The second-order valence-electron chi connectivity index (χ2n) is 2.18. The van der Waals surface area contributed by atoms with Gasteiger partial charge in [0.15, 0.2) is 0 Å². The van der Waals surface area contributed by atoms with Gasteiger partial charge in [0.2, 0.25) is 0 Å². The van der Waals surface area contributed by atoms with Crippen molar-refractivity contribution in [3.8, 4) is 6.07 Å². The molecule has 11 heavy (non-hydrogen) atoms. The molecule has 0 saturated carbocycles. The number of thiophene rings is 1. The Balaban J connectivity index is 3.04. The van der Waals surface area contributed by atoms with Gasteiger partial charge in [0, 0.05) is 4.88 Å². The summed E-state index contributed by atoms with van der Waals surface area (Å²) in [6.45, 7) is 2.06. The molecule has 0 saturated heterocycles. The second kappa shape index (κ2) is 3.51. The van der Waals surface area contributed by atoms with E-state index in [4.69, 9.17) is 10.4 Å². The third kappa shape index (κ3) is 1.59. The van der Waals surface area contributed by atoms with Gasteiger partial charge in [-0.05, 0) is 18.1 Å². The van der Waals surface area contributed by atoms with Gasteiger partial charge in [-0.2, -0.15) is 5.26 Å². The fraction of sp³-hybridized carbons (Fsp3) is 0.375. The fourth-order valence-electron chi connectivity index (χ4n) is 0.955. The van der Waals surface area contributed by atoms with Crippen LogP contribution in [-0.4, -0.2) is 5.11 Å². The molecule has 0 fully saturated rings. The highest BCUT2D eigenvalue weighted by molar-refractivity contribution is 7.12. The lowest BCUT2D eigenvalue weighted by Crippen LogP contribution is -1.83. The Morgan fingerprint density at radius 2 is 2.45 bits per heavy atom. The number of aliphatic hydroxyl groups is 1. The summed E-state index contributed by atoms with van der Waals surface area (Å²) in [5, 5.41) is 17.4. The van der Waals surface area contributed by atoms with E-state index in [1.807, 2.05) is 6.92 Å². The van der Waals surface area contributed by atoms with Crippen LogP contribution in [0.3, 0.4) is 0 Å². The first-order valence-corrected chi connectivity index (χ1v) is 4.26. The Morgan fingerprint density at radius 3 is 2.82 bits per heavy atom. The van der Waals surface area contributed by atoms with Crippen molar-refractivity contribution in [3.63, 3.8) is 0 Å². The van der Waals surface area contributed by atoms with E-state index in [1.165, 1.54) is 11.3 Å². The molecule has 0 aromatic carbocycles. The quantitative estimate of drug-likeness (QED) is 0.728. The van der Waals surface area contributed by atoms with E-state index < -0.39 is 0 Å². The molecule has 0 amide bonds. The molecule has 0 radical (unpaired) electrons. The minimum Gasteiger partial charge on any atom is -0.392 e. The number of rotatable bonds is 2. The molecule has 1 N–H and O–H groups in total. The maximum atomic E-state index is 8.86. The van der Waals surface area contributed by atoms with Crippen molar-refractivity contribution >= 4 is 11.3 Å². The van der Waals surface area contributed by atoms with Gasteiger partial charge in [0.1, 0.15) is 10.9 Å². The minimum atomic E-state index is 0.0430. The maximum absolute atomic E-state index is 8.86. The molecule has 0 atom stereocenters. The number of aryl methyl sites for hydroxylation is 1. The standard InChI is InChI=1S/C8H9NOS/c1-2-8-6(5-10)3-7(4-9)11-8/h3,10H,2,5H2,1H3. The van der Waals surface area contributed by atoms with Crippen LogP contribution in [0.5, 0.6) is 0 Å². The van der Waals surface area contributed by atoms with E-state index in [9.17, 15) is 0 Å². The molecule has 1 aromatic heterocycles. The summed E-state index contributed by atoms with van der Waals surface area (Å²) in [6, 6.07) is 3.82. The van der Waals surface area contributed by atoms with Crippen molar-refractivity contribution in [2.24, 2.45) is 0 Å². The van der Waals surface area contributed by atoms with Gasteiger partial charge in [-0.3, -0.25) is 0 Å². The molecule has 0 bridgehead atoms. The first-order valence-electron chi connectivity index (χ1n) is 3.44. The zero-order valence-electron chi connectivity index (χ0n) is 6.29. The smallest absolute Gasteiger partial charge is 0.110 e. The summed E-state index contributed by atoms with van der Waals surface area (Å²) in [6.07, 6.45) is 0.891. The molecule has 3 heteroatoms. The average molecular weight is 167 g/mol. The third-order valence-corrected chi connectivity index (χ3v) is 2.72. The highest BCUT2D eigenvalue weighted by Gasteiger charge is 2.04. The predicted octanol–water partition coefficient (Wildman–Crippen LogP) is 1.67. The van der Waals surface area contributed by atoms with Gasteiger partial charge < -0.3 is 5.11 Å². The van der Waals surface area contributed by atoms with Crippen molar-refractivity contribution in [1.82, 2.24) is 0 Å². The van der Waals surface area contributed by atoms with E-state index >= 15 is 0 Å². The first kappa shape index (κ1) is 8.25.